The molecule has 0 amide bonds. The standard InChI is InChI=1S/C17H22BrN/c1-3-5-17(19-10-4-2)15-7-6-14-12-16(18)9-8-13(14)11-15/h6-9,11-12,17,19H,3-5,10H2,1-2H3. The Hall–Kier alpha value is -0.860. The molecule has 0 heterocycles. The summed E-state index contributed by atoms with van der Waals surface area (Å²) in [4.78, 5) is 0. The minimum Gasteiger partial charge on any atom is -0.310 e. The summed E-state index contributed by atoms with van der Waals surface area (Å²) >= 11 is 3.53. The van der Waals surface area contributed by atoms with Gasteiger partial charge in [0.05, 0.1) is 0 Å². The van der Waals surface area contributed by atoms with E-state index in [1.807, 2.05) is 0 Å². The highest BCUT2D eigenvalue weighted by atomic mass is 79.9. The largest absolute Gasteiger partial charge is 0.310 e. The molecule has 0 radical (unpaired) electrons. The van der Waals surface area contributed by atoms with Gasteiger partial charge >= 0.3 is 0 Å². The van der Waals surface area contributed by atoms with Crippen molar-refractivity contribution in [2.45, 2.75) is 39.2 Å². The van der Waals surface area contributed by atoms with E-state index >= 15 is 0 Å². The van der Waals surface area contributed by atoms with Crippen LogP contribution in [0.15, 0.2) is 40.9 Å². The fraction of sp³-hybridized carbons (Fsp3) is 0.412. The Morgan fingerprint density at radius 1 is 1.00 bits per heavy atom. The van der Waals surface area contributed by atoms with Crippen LogP contribution in [0.1, 0.15) is 44.7 Å². The minimum atomic E-state index is 0.484. The predicted molar refractivity (Wildman–Crippen MR) is 87.6 cm³/mol. The first-order valence-corrected chi connectivity index (χ1v) is 7.96. The third kappa shape index (κ3) is 3.80. The van der Waals surface area contributed by atoms with Crippen LogP contribution in [0.4, 0.5) is 0 Å². The number of benzene rings is 2. The first-order chi connectivity index (χ1) is 9.24. The predicted octanol–water partition coefficient (Wildman–Crippen LogP) is 5.44. The third-order valence-corrected chi connectivity index (χ3v) is 3.94. The summed E-state index contributed by atoms with van der Waals surface area (Å²) in [6.45, 7) is 5.55. The van der Waals surface area contributed by atoms with Gasteiger partial charge in [0.15, 0.2) is 0 Å². The molecule has 0 aliphatic rings. The molecule has 0 spiro atoms. The molecule has 0 aliphatic carbocycles. The Balaban J connectivity index is 2.29. The Morgan fingerprint density at radius 2 is 1.74 bits per heavy atom. The second kappa shape index (κ2) is 7.06. The van der Waals surface area contributed by atoms with Crippen LogP contribution in [-0.2, 0) is 0 Å². The van der Waals surface area contributed by atoms with Gasteiger partial charge in [0.25, 0.3) is 0 Å². The van der Waals surface area contributed by atoms with Crippen LogP contribution in [0, 0.1) is 0 Å². The molecule has 0 fully saturated rings. The lowest BCUT2D eigenvalue weighted by molar-refractivity contribution is 0.494. The van der Waals surface area contributed by atoms with Crippen molar-refractivity contribution >= 4 is 26.7 Å². The molecule has 0 aliphatic heterocycles. The molecule has 0 bridgehead atoms. The van der Waals surface area contributed by atoms with E-state index in [9.17, 15) is 0 Å². The molecule has 1 N–H and O–H groups in total. The molecule has 0 aromatic heterocycles. The van der Waals surface area contributed by atoms with Crippen LogP contribution >= 0.6 is 15.9 Å². The maximum Gasteiger partial charge on any atom is 0.0320 e. The number of rotatable bonds is 6. The van der Waals surface area contributed by atoms with E-state index in [1.54, 1.807) is 0 Å². The maximum absolute atomic E-state index is 3.65. The summed E-state index contributed by atoms with van der Waals surface area (Å²) in [5.74, 6) is 0. The van der Waals surface area contributed by atoms with Crippen molar-refractivity contribution in [2.75, 3.05) is 6.54 Å². The number of fused-ring (bicyclic) bond motifs is 1. The number of hydrogen-bond donors (Lipinski definition) is 1. The molecule has 2 heteroatoms. The number of nitrogens with one attached hydrogen (secondary N) is 1. The molecule has 0 saturated heterocycles. The topological polar surface area (TPSA) is 12.0 Å². The van der Waals surface area contributed by atoms with Gasteiger partial charge in [-0.25, -0.2) is 0 Å². The average Bonchev–Trinajstić information content (AvgIpc) is 2.43. The van der Waals surface area contributed by atoms with Gasteiger partial charge in [-0.2, -0.15) is 0 Å². The fourth-order valence-electron chi connectivity index (χ4n) is 2.45. The van der Waals surface area contributed by atoms with Gasteiger partial charge in [0, 0.05) is 10.5 Å². The Bertz CT molecular complexity index is 536. The van der Waals surface area contributed by atoms with E-state index in [0.29, 0.717) is 6.04 Å². The molecule has 19 heavy (non-hydrogen) atoms. The van der Waals surface area contributed by atoms with Crippen molar-refractivity contribution in [1.29, 1.82) is 0 Å². The summed E-state index contributed by atoms with van der Waals surface area (Å²) in [7, 11) is 0. The Morgan fingerprint density at radius 3 is 2.47 bits per heavy atom. The van der Waals surface area contributed by atoms with Gasteiger partial charge in [-0.3, -0.25) is 0 Å². The summed E-state index contributed by atoms with van der Waals surface area (Å²) in [5, 5.41) is 6.27. The monoisotopic (exact) mass is 319 g/mol. The van der Waals surface area contributed by atoms with Crippen LogP contribution in [0.5, 0.6) is 0 Å². The van der Waals surface area contributed by atoms with E-state index < -0.39 is 0 Å². The van der Waals surface area contributed by atoms with E-state index in [4.69, 9.17) is 0 Å². The third-order valence-electron chi connectivity index (χ3n) is 3.45. The molecule has 0 saturated carbocycles. The SMILES string of the molecule is CCCNC(CCC)c1ccc2cc(Br)ccc2c1. The molecule has 2 aromatic rings. The van der Waals surface area contributed by atoms with Gasteiger partial charge in [0.2, 0.25) is 0 Å². The van der Waals surface area contributed by atoms with Crippen LogP contribution in [0.3, 0.4) is 0 Å². The highest BCUT2D eigenvalue weighted by Gasteiger charge is 2.09. The molecule has 1 atom stereocenters. The second-order valence-corrected chi connectivity index (χ2v) is 5.96. The zero-order chi connectivity index (χ0) is 13.7. The highest BCUT2D eigenvalue weighted by molar-refractivity contribution is 9.10. The van der Waals surface area contributed by atoms with Crippen LogP contribution in [0.25, 0.3) is 10.8 Å². The summed E-state index contributed by atoms with van der Waals surface area (Å²) < 4.78 is 1.14. The van der Waals surface area contributed by atoms with Crippen molar-refractivity contribution in [3.8, 4) is 0 Å². The second-order valence-electron chi connectivity index (χ2n) is 5.05. The van der Waals surface area contributed by atoms with Crippen molar-refractivity contribution in [2.24, 2.45) is 0 Å². The smallest absolute Gasteiger partial charge is 0.0320 e. The van der Waals surface area contributed by atoms with E-state index in [0.717, 1.165) is 11.0 Å². The average molecular weight is 320 g/mol. The normalized spacial score (nSPS) is 12.8. The summed E-state index contributed by atoms with van der Waals surface area (Å²) in [6.07, 6.45) is 3.59. The molecule has 102 valence electrons. The number of hydrogen-bond acceptors (Lipinski definition) is 1. The quantitative estimate of drug-likeness (QED) is 0.747. The first kappa shape index (κ1) is 14.5. The molecule has 1 unspecified atom stereocenters. The van der Waals surface area contributed by atoms with Gasteiger partial charge in [-0.05, 0) is 53.9 Å². The molecule has 1 nitrogen and oxygen atoms in total. The Kier molecular flexibility index (Phi) is 5.41. The number of halogens is 1. The van der Waals surface area contributed by atoms with Crippen LogP contribution < -0.4 is 5.32 Å². The fourth-order valence-corrected chi connectivity index (χ4v) is 2.82. The van der Waals surface area contributed by atoms with Crippen molar-refractivity contribution in [3.05, 3.63) is 46.4 Å². The lowest BCUT2D eigenvalue weighted by atomic mass is 9.99. The summed E-state index contributed by atoms with van der Waals surface area (Å²) in [6, 6.07) is 13.8. The van der Waals surface area contributed by atoms with Crippen molar-refractivity contribution < 1.29 is 0 Å². The molecule has 2 aromatic carbocycles. The lowest BCUT2D eigenvalue weighted by Crippen LogP contribution is -2.21. The van der Waals surface area contributed by atoms with Crippen LogP contribution in [0.2, 0.25) is 0 Å². The van der Waals surface area contributed by atoms with Gasteiger partial charge in [0.1, 0.15) is 0 Å². The van der Waals surface area contributed by atoms with Gasteiger partial charge in [-0.15, -0.1) is 0 Å². The van der Waals surface area contributed by atoms with Gasteiger partial charge < -0.3 is 5.32 Å². The molecule has 2 rings (SSSR count). The zero-order valence-electron chi connectivity index (χ0n) is 11.7. The van der Waals surface area contributed by atoms with E-state index in [-0.39, 0.29) is 0 Å². The molecular formula is C17H22BrN. The highest BCUT2D eigenvalue weighted by Crippen LogP contribution is 2.25. The Labute approximate surface area is 124 Å². The van der Waals surface area contributed by atoms with E-state index in [1.165, 1.54) is 35.6 Å². The first-order valence-electron chi connectivity index (χ1n) is 7.17. The lowest BCUT2D eigenvalue weighted by Gasteiger charge is -2.19. The summed E-state index contributed by atoms with van der Waals surface area (Å²) in [5.41, 5.74) is 1.41. The van der Waals surface area contributed by atoms with Crippen molar-refractivity contribution in [3.63, 3.8) is 0 Å². The maximum atomic E-state index is 3.65. The van der Waals surface area contributed by atoms with Crippen LogP contribution in [-0.4, -0.2) is 6.54 Å². The van der Waals surface area contributed by atoms with E-state index in [2.05, 4.69) is 71.5 Å². The minimum absolute atomic E-state index is 0.484. The zero-order valence-corrected chi connectivity index (χ0v) is 13.3. The van der Waals surface area contributed by atoms with Crippen molar-refractivity contribution in [1.82, 2.24) is 5.32 Å². The van der Waals surface area contributed by atoms with Gasteiger partial charge in [-0.1, -0.05) is 54.4 Å². The molecular weight excluding hydrogens is 298 g/mol.